The molecule has 4 amide bonds. The minimum atomic E-state index is -0.118. The maximum atomic E-state index is 12.1. The van der Waals surface area contributed by atoms with Gasteiger partial charge < -0.3 is 41.7 Å². The van der Waals surface area contributed by atoms with E-state index in [0.717, 1.165) is 81.5 Å². The van der Waals surface area contributed by atoms with Crippen molar-refractivity contribution in [2.45, 2.75) is 0 Å². The zero-order valence-electron chi connectivity index (χ0n) is 41.8. The molecule has 0 saturated heterocycles. The molecule has 0 unspecified atom stereocenters. The third kappa shape index (κ3) is 15.2. The van der Waals surface area contributed by atoms with Gasteiger partial charge in [-0.25, -0.2) is 0 Å². The number of hydrogen-bond donors (Lipinski definition) is 8. The number of phenolic OH excluding ortho intramolecular Hbond substituents is 4. The lowest BCUT2D eigenvalue weighted by atomic mass is 10.0. The van der Waals surface area contributed by atoms with Gasteiger partial charge in [-0.2, -0.15) is 0 Å². The van der Waals surface area contributed by atoms with Gasteiger partial charge in [-0.1, -0.05) is 0 Å². The molecule has 0 spiro atoms. The van der Waals surface area contributed by atoms with Crippen molar-refractivity contribution in [3.8, 4) is 23.0 Å². The third-order valence-electron chi connectivity index (χ3n) is 12.5. The fourth-order valence-corrected chi connectivity index (χ4v) is 15.4. The van der Waals surface area contributed by atoms with Gasteiger partial charge in [-0.3, -0.25) is 19.2 Å². The number of nitrogens with one attached hydrogen (secondary N) is 4. The summed E-state index contributed by atoms with van der Waals surface area (Å²) in [5.74, 6) is 0.0937. The normalized spacial score (nSPS) is 15.2. The first kappa shape index (κ1) is 65.0. The summed E-state index contributed by atoms with van der Waals surface area (Å²) in [4.78, 5) is 48.5. The van der Waals surface area contributed by atoms with Crippen LogP contribution in [0.25, 0.3) is 46.6 Å². The Morgan fingerprint density at radius 2 is 0.452 bits per heavy atom. The molecule has 0 fully saturated rings. The van der Waals surface area contributed by atoms with Crippen molar-refractivity contribution in [2.24, 2.45) is 0 Å². The van der Waals surface area contributed by atoms with Crippen molar-refractivity contribution in [1.82, 2.24) is 0 Å². The molecule has 8 aromatic rings. The second-order valence-electron chi connectivity index (χ2n) is 18.1. The zero-order valence-corrected chi connectivity index (χ0v) is 63.1. The van der Waals surface area contributed by atoms with Crippen LogP contribution in [-0.2, 0) is 19.2 Å². The Balaban J connectivity index is 0.000000134. The van der Waals surface area contributed by atoms with Crippen LogP contribution in [-0.4, -0.2) is 44.1 Å². The molecule has 0 aromatic heterocycles. The average molecular weight is 2080 g/mol. The average Bonchev–Trinajstić information content (AvgIpc) is 4.29. The highest BCUT2D eigenvalue weighted by Gasteiger charge is 2.28. The standard InChI is InChI=1S/4C15H8Br2INO2/c4*16-11-4-7(5-12(17)14(11)20)3-10-9-6-8(18)1-2-13(9)19-15(10)21/h4*1-6,20H,(H,19,21). The molecule has 84 heavy (non-hydrogen) atoms. The monoisotopic (exact) mass is 2080 g/mol. The van der Waals surface area contributed by atoms with Crippen LogP contribution in [0.1, 0.15) is 44.5 Å². The molecule has 8 aromatic carbocycles. The van der Waals surface area contributed by atoms with E-state index >= 15 is 0 Å². The van der Waals surface area contributed by atoms with E-state index in [4.69, 9.17) is 0 Å². The van der Waals surface area contributed by atoms with E-state index in [2.05, 4.69) is 239 Å². The summed E-state index contributed by atoms with van der Waals surface area (Å²) in [6, 6.07) is 37.5. The summed E-state index contributed by atoms with van der Waals surface area (Å²) in [5, 5.41) is 50.4. The number of rotatable bonds is 4. The summed E-state index contributed by atoms with van der Waals surface area (Å²) >= 11 is 35.2. The SMILES string of the molecule is O=C1Nc2ccc(I)cc2C1=Cc1cc(Br)c(O)c(Br)c1.O=C1Nc2ccc(I)cc2C1=Cc1cc(Br)c(O)c(Br)c1.O=C1Nc2ccc(I)cc2C1=Cc1cc(Br)c(O)c(Br)c1.O=C1Nc2ccc(I)cc2C1=Cc1cc(Br)c(O)c(Br)c1. The first-order chi connectivity index (χ1) is 39.8. The number of amides is 4. The van der Waals surface area contributed by atoms with Gasteiger partial charge in [0.1, 0.15) is 23.0 Å². The molecular weight excluding hydrogens is 2050 g/mol. The van der Waals surface area contributed by atoms with E-state index in [9.17, 15) is 39.6 Å². The molecule has 12 rings (SSSR count). The quantitative estimate of drug-likeness (QED) is 0.0629. The molecule has 4 aliphatic heterocycles. The number of halogens is 12. The molecule has 4 heterocycles. The second-order valence-corrected chi connectivity index (χ2v) is 30.0. The highest BCUT2D eigenvalue weighted by atomic mass is 127. The van der Waals surface area contributed by atoms with Crippen LogP contribution in [0.3, 0.4) is 0 Å². The molecule has 0 atom stereocenters. The van der Waals surface area contributed by atoms with E-state index in [1.807, 2.05) is 97.1 Å². The molecule has 0 bridgehead atoms. The van der Waals surface area contributed by atoms with Crippen LogP contribution in [0.2, 0.25) is 0 Å². The fourth-order valence-electron chi connectivity index (χ4n) is 8.55. The van der Waals surface area contributed by atoms with Crippen LogP contribution < -0.4 is 21.3 Å². The number of fused-ring (bicyclic) bond motifs is 4. The first-order valence-electron chi connectivity index (χ1n) is 23.9. The van der Waals surface area contributed by atoms with E-state index < -0.39 is 0 Å². The molecule has 8 N–H and O–H groups in total. The van der Waals surface area contributed by atoms with E-state index in [1.54, 1.807) is 48.5 Å². The number of phenols is 4. The molecule has 12 nitrogen and oxygen atoms in total. The van der Waals surface area contributed by atoms with Crippen molar-refractivity contribution in [3.63, 3.8) is 0 Å². The predicted octanol–water partition coefficient (Wildman–Crippen LogP) is 20.1. The lowest BCUT2D eigenvalue weighted by molar-refractivity contribution is -0.111. The van der Waals surface area contributed by atoms with Crippen LogP contribution in [0.4, 0.5) is 22.7 Å². The summed E-state index contributed by atoms with van der Waals surface area (Å²) in [7, 11) is 0. The largest absolute Gasteiger partial charge is 0.506 e. The van der Waals surface area contributed by atoms with Crippen molar-refractivity contribution in [3.05, 3.63) is 216 Å². The molecular formula is C60H32Br8I4N4O8. The Kier molecular flexibility index (Phi) is 21.6. The minimum absolute atomic E-state index is 0.118. The van der Waals surface area contributed by atoms with Gasteiger partial charge in [0.25, 0.3) is 23.6 Å². The topological polar surface area (TPSA) is 197 Å². The number of aromatic hydroxyl groups is 4. The van der Waals surface area contributed by atoms with Crippen LogP contribution in [0, 0.1) is 14.3 Å². The number of anilines is 4. The van der Waals surface area contributed by atoms with Gasteiger partial charge in [0.15, 0.2) is 0 Å². The Labute approximate surface area is 601 Å². The Morgan fingerprint density at radius 1 is 0.286 bits per heavy atom. The van der Waals surface area contributed by atoms with Crippen molar-refractivity contribution < 1.29 is 39.6 Å². The van der Waals surface area contributed by atoms with Gasteiger partial charge in [0.05, 0.1) is 35.8 Å². The highest BCUT2D eigenvalue weighted by molar-refractivity contribution is 14.1. The lowest BCUT2D eigenvalue weighted by Crippen LogP contribution is -2.03. The van der Waals surface area contributed by atoms with E-state index in [-0.39, 0.29) is 46.6 Å². The molecule has 0 radical (unpaired) electrons. The summed E-state index contributed by atoms with van der Waals surface area (Å²) in [6.45, 7) is 0. The van der Waals surface area contributed by atoms with Gasteiger partial charge in [-0.15, -0.1) is 0 Å². The summed E-state index contributed by atoms with van der Waals surface area (Å²) in [6.07, 6.45) is 7.25. The molecule has 0 aliphatic carbocycles. The highest BCUT2D eigenvalue weighted by Crippen LogP contribution is 2.43. The number of carbonyl (C=O) groups is 4. The number of benzene rings is 8. The first-order valence-corrected chi connectivity index (χ1v) is 34.5. The second kappa shape index (κ2) is 27.9. The van der Waals surface area contributed by atoms with Crippen molar-refractivity contribution >= 4 is 311 Å². The number of carbonyl (C=O) groups excluding carboxylic acids is 4. The van der Waals surface area contributed by atoms with Crippen LogP contribution >= 0.6 is 218 Å². The fraction of sp³-hybridized carbons (Fsp3) is 0. The summed E-state index contributed by atoms with van der Waals surface area (Å²) in [5.41, 5.74) is 12.6. The maximum absolute atomic E-state index is 12.1. The van der Waals surface area contributed by atoms with Gasteiger partial charge in [0, 0.05) is 81.6 Å². The van der Waals surface area contributed by atoms with Crippen molar-refractivity contribution in [2.75, 3.05) is 21.3 Å². The third-order valence-corrected chi connectivity index (χ3v) is 20.0. The maximum Gasteiger partial charge on any atom is 0.256 e. The van der Waals surface area contributed by atoms with E-state index in [0.29, 0.717) is 58.1 Å². The van der Waals surface area contributed by atoms with Gasteiger partial charge >= 0.3 is 0 Å². The Hall–Kier alpha value is -3.44. The molecule has 24 heteroatoms. The zero-order chi connectivity index (χ0) is 60.6. The predicted molar refractivity (Wildman–Crippen MR) is 397 cm³/mol. The Morgan fingerprint density at radius 3 is 0.619 bits per heavy atom. The molecule has 424 valence electrons. The molecule has 0 saturated carbocycles. The lowest BCUT2D eigenvalue weighted by Gasteiger charge is -2.04. The van der Waals surface area contributed by atoms with Gasteiger partial charge in [-0.05, 0) is 386 Å². The summed E-state index contributed by atoms with van der Waals surface area (Å²) < 4.78 is 8.88. The smallest absolute Gasteiger partial charge is 0.256 e. The molecule has 4 aliphatic rings. The van der Waals surface area contributed by atoms with Crippen LogP contribution in [0.15, 0.2) is 157 Å². The minimum Gasteiger partial charge on any atom is -0.506 e. The van der Waals surface area contributed by atoms with Crippen molar-refractivity contribution in [1.29, 1.82) is 0 Å². The Bertz CT molecular complexity index is 3660. The van der Waals surface area contributed by atoms with Crippen LogP contribution in [0.5, 0.6) is 23.0 Å². The number of hydrogen-bond acceptors (Lipinski definition) is 8. The van der Waals surface area contributed by atoms with Gasteiger partial charge in [0.2, 0.25) is 0 Å². The van der Waals surface area contributed by atoms with E-state index in [1.165, 1.54) is 0 Å².